The maximum absolute atomic E-state index is 13.4. The van der Waals surface area contributed by atoms with Gasteiger partial charge in [0.25, 0.3) is 0 Å². The molecular weight excluding hydrogens is 480 g/mol. The molecule has 0 aromatic carbocycles. The van der Waals surface area contributed by atoms with Gasteiger partial charge in [0.15, 0.2) is 0 Å². The number of allylic oxidation sites excluding steroid dienone is 4. The number of rotatable bonds is 4. The molecule has 2 saturated carbocycles. The Hall–Kier alpha value is -3.68. The van der Waals surface area contributed by atoms with Crippen LogP contribution in [0.3, 0.4) is 0 Å². The van der Waals surface area contributed by atoms with E-state index in [1.165, 1.54) is 0 Å². The van der Waals surface area contributed by atoms with Crippen LogP contribution in [0.2, 0.25) is 0 Å². The minimum absolute atomic E-state index is 0.0194. The van der Waals surface area contributed by atoms with Gasteiger partial charge in [-0.3, -0.25) is 19.2 Å². The van der Waals surface area contributed by atoms with Gasteiger partial charge in [-0.05, 0) is 66.7 Å². The van der Waals surface area contributed by atoms with Crippen molar-refractivity contribution in [2.24, 2.45) is 17.8 Å². The van der Waals surface area contributed by atoms with Crippen molar-refractivity contribution < 1.29 is 19.2 Å². The van der Waals surface area contributed by atoms with Crippen LogP contribution in [0.25, 0.3) is 0 Å². The molecular formula is C30H30N4O4. The van der Waals surface area contributed by atoms with E-state index in [2.05, 4.69) is 16.9 Å². The van der Waals surface area contributed by atoms with Crippen molar-refractivity contribution in [2.75, 3.05) is 13.1 Å². The van der Waals surface area contributed by atoms with Crippen LogP contribution < -0.4 is 0 Å². The number of ketones is 2. The molecule has 4 aliphatic carbocycles. The maximum atomic E-state index is 13.4. The fourth-order valence-corrected chi connectivity index (χ4v) is 8.76. The van der Waals surface area contributed by atoms with E-state index >= 15 is 0 Å². The number of carbonyl (C=O) groups excluding carboxylic acids is 4. The lowest BCUT2D eigenvalue weighted by atomic mass is 9.82. The molecule has 2 N–H and O–H groups in total. The quantitative estimate of drug-likeness (QED) is 0.657. The number of aryl methyl sites for hydroxylation is 2. The standard InChI is InChI=1S/C30H30N4O4/c1-14-10-31-27-19(35)7-21-29(25(14)27)9-17(29)12-33(21)23(37)5-4-6-24(38)34-13-18-16(3)30(18)22(34)8-20(36)28-26(30)15(2)11-32-28/h7-8,10-11,16-18,31-32H,4-6,9,12-13H2,1-3H3/t16-,17-,18+,29?,30?/m1/s1. The first-order chi connectivity index (χ1) is 18.2. The van der Waals surface area contributed by atoms with Crippen molar-refractivity contribution in [1.29, 1.82) is 0 Å². The van der Waals surface area contributed by atoms with Gasteiger partial charge in [-0.1, -0.05) is 6.92 Å². The Morgan fingerprint density at radius 2 is 1.47 bits per heavy atom. The van der Waals surface area contributed by atoms with E-state index in [0.29, 0.717) is 48.7 Å². The van der Waals surface area contributed by atoms with Gasteiger partial charge in [0.2, 0.25) is 23.4 Å². The molecule has 2 aliphatic heterocycles. The van der Waals surface area contributed by atoms with E-state index in [-0.39, 0.29) is 47.1 Å². The van der Waals surface area contributed by atoms with Crippen LogP contribution in [0.5, 0.6) is 0 Å². The van der Waals surface area contributed by atoms with Crippen LogP contribution in [0.4, 0.5) is 0 Å². The SMILES string of the molecule is Cc1c[nH]c2c1C13C[C@@H]1CN(C(=O)CCCC(=O)N1C[C@H]4[C@@H](C)C45C1=CC(=O)c1[nH]cc(C)c15)C3=CC2=O. The van der Waals surface area contributed by atoms with Gasteiger partial charge >= 0.3 is 0 Å². The minimum atomic E-state index is -0.237. The zero-order chi connectivity index (χ0) is 26.3. The van der Waals surface area contributed by atoms with E-state index in [9.17, 15) is 19.2 Å². The number of nitrogens with one attached hydrogen (secondary N) is 2. The van der Waals surface area contributed by atoms with Crippen LogP contribution >= 0.6 is 0 Å². The largest absolute Gasteiger partial charge is 0.358 e. The molecule has 0 bridgehead atoms. The molecule has 194 valence electrons. The number of carbonyl (C=O) groups is 4. The molecule has 8 nitrogen and oxygen atoms in total. The number of hydrogen-bond donors (Lipinski definition) is 2. The summed E-state index contributed by atoms with van der Waals surface area (Å²) in [4.78, 5) is 62.2. The molecule has 2 saturated heterocycles. The van der Waals surface area contributed by atoms with Gasteiger partial charge in [0.05, 0.1) is 11.4 Å². The van der Waals surface area contributed by atoms with Crippen molar-refractivity contribution in [1.82, 2.24) is 19.8 Å². The average molecular weight is 511 g/mol. The Morgan fingerprint density at radius 3 is 2.16 bits per heavy atom. The topological polar surface area (TPSA) is 106 Å². The van der Waals surface area contributed by atoms with Crippen molar-refractivity contribution in [2.45, 2.75) is 57.3 Å². The number of piperidine rings is 2. The van der Waals surface area contributed by atoms with Gasteiger partial charge in [-0.2, -0.15) is 0 Å². The van der Waals surface area contributed by atoms with E-state index in [4.69, 9.17) is 0 Å². The van der Waals surface area contributed by atoms with E-state index < -0.39 is 0 Å². The number of fused-ring (bicyclic) bond motifs is 2. The summed E-state index contributed by atoms with van der Waals surface area (Å²) in [5.74, 6) is 0.894. The normalized spacial score (nSPS) is 33.1. The first kappa shape index (κ1) is 22.3. The summed E-state index contributed by atoms with van der Waals surface area (Å²) in [6.45, 7) is 7.52. The second-order valence-corrected chi connectivity index (χ2v) is 12.2. The Morgan fingerprint density at radius 1 is 0.895 bits per heavy atom. The second-order valence-electron chi connectivity index (χ2n) is 12.2. The fourth-order valence-electron chi connectivity index (χ4n) is 8.76. The highest BCUT2D eigenvalue weighted by Gasteiger charge is 2.73. The van der Waals surface area contributed by atoms with Gasteiger partial charge in [-0.25, -0.2) is 0 Å². The van der Waals surface area contributed by atoms with Crippen molar-refractivity contribution in [3.8, 4) is 0 Å². The molecule has 6 aliphatic rings. The van der Waals surface area contributed by atoms with Gasteiger partial charge in [-0.15, -0.1) is 0 Å². The highest BCUT2D eigenvalue weighted by atomic mass is 16.2. The number of aromatic amines is 2. The Kier molecular flexibility index (Phi) is 4.02. The van der Waals surface area contributed by atoms with Crippen LogP contribution in [-0.2, 0) is 20.4 Å². The Balaban J connectivity index is 0.965. The lowest BCUT2D eigenvalue weighted by molar-refractivity contribution is -0.130. The highest BCUT2D eigenvalue weighted by Crippen LogP contribution is 2.71. The Bertz CT molecular complexity index is 1590. The smallest absolute Gasteiger partial charge is 0.226 e. The van der Waals surface area contributed by atoms with E-state index in [1.54, 1.807) is 22.0 Å². The highest BCUT2D eigenvalue weighted by molar-refractivity contribution is 6.09. The number of aromatic nitrogens is 2. The summed E-state index contributed by atoms with van der Waals surface area (Å²) in [5, 5.41) is 0. The third-order valence-corrected chi connectivity index (χ3v) is 10.6. The third kappa shape index (κ3) is 2.38. The number of hydrogen-bond acceptors (Lipinski definition) is 4. The fraction of sp³-hybridized carbons (Fsp3) is 0.467. The van der Waals surface area contributed by atoms with E-state index in [1.807, 2.05) is 26.2 Å². The van der Waals surface area contributed by atoms with Gasteiger partial charge in [0.1, 0.15) is 0 Å². The molecule has 2 aromatic heterocycles. The first-order valence-electron chi connectivity index (χ1n) is 13.7. The molecule has 38 heavy (non-hydrogen) atoms. The van der Waals surface area contributed by atoms with Crippen LogP contribution in [0.1, 0.15) is 75.8 Å². The molecule has 5 atom stereocenters. The number of amides is 2. The summed E-state index contributed by atoms with van der Waals surface area (Å²) in [6, 6.07) is 0. The Labute approximate surface area is 220 Å². The number of nitrogens with zero attached hydrogens (tertiary/aromatic N) is 2. The minimum Gasteiger partial charge on any atom is -0.358 e. The molecule has 4 heterocycles. The van der Waals surface area contributed by atoms with Crippen molar-refractivity contribution in [3.05, 3.63) is 69.6 Å². The van der Waals surface area contributed by atoms with Gasteiger partial charge < -0.3 is 19.8 Å². The lowest BCUT2D eigenvalue weighted by Crippen LogP contribution is -2.36. The molecule has 8 rings (SSSR count). The zero-order valence-electron chi connectivity index (χ0n) is 21.8. The molecule has 8 heteroatoms. The first-order valence-corrected chi connectivity index (χ1v) is 13.7. The lowest BCUT2D eigenvalue weighted by Gasteiger charge is -2.30. The molecule has 2 unspecified atom stereocenters. The summed E-state index contributed by atoms with van der Waals surface area (Å²) < 4.78 is 0. The summed E-state index contributed by atoms with van der Waals surface area (Å²) in [5.41, 5.74) is 6.88. The molecule has 4 fully saturated rings. The van der Waals surface area contributed by atoms with Crippen molar-refractivity contribution >= 4 is 23.4 Å². The molecule has 2 aromatic rings. The summed E-state index contributed by atoms with van der Waals surface area (Å²) >= 11 is 0. The van der Waals surface area contributed by atoms with Gasteiger partial charge in [0, 0.05) is 72.7 Å². The van der Waals surface area contributed by atoms with E-state index in [0.717, 1.165) is 40.1 Å². The van der Waals surface area contributed by atoms with Crippen LogP contribution in [0, 0.1) is 31.6 Å². The molecule has 2 amide bonds. The zero-order valence-corrected chi connectivity index (χ0v) is 21.8. The second kappa shape index (κ2) is 6.84. The maximum Gasteiger partial charge on any atom is 0.226 e. The van der Waals surface area contributed by atoms with Crippen molar-refractivity contribution in [3.63, 3.8) is 0 Å². The monoisotopic (exact) mass is 510 g/mol. The van der Waals surface area contributed by atoms with Crippen LogP contribution in [-0.4, -0.2) is 56.2 Å². The summed E-state index contributed by atoms with van der Waals surface area (Å²) in [6.07, 6.45) is 9.03. The number of likely N-dealkylation sites (tertiary alicyclic amines) is 2. The number of H-pyrrole nitrogens is 2. The average Bonchev–Trinajstić information content (AvgIpc) is 3.32. The predicted octanol–water partition coefficient (Wildman–Crippen LogP) is 3.44. The predicted molar refractivity (Wildman–Crippen MR) is 137 cm³/mol. The van der Waals surface area contributed by atoms with Crippen LogP contribution in [0.15, 0.2) is 35.9 Å². The third-order valence-electron chi connectivity index (χ3n) is 10.6. The summed E-state index contributed by atoms with van der Waals surface area (Å²) in [7, 11) is 0. The molecule has 0 radical (unpaired) electrons. The molecule has 2 spiro atoms.